The molecule has 1 heterocycles. The van der Waals surface area contributed by atoms with Crippen molar-refractivity contribution in [1.82, 2.24) is 0 Å². The fraction of sp³-hybridized carbons (Fsp3) is 0.438. The van der Waals surface area contributed by atoms with Crippen LogP contribution in [0.4, 0.5) is 0 Å². The summed E-state index contributed by atoms with van der Waals surface area (Å²) in [6.07, 6.45) is 3.35. The Balaban J connectivity index is 2.37. The Kier molecular flexibility index (Phi) is 7.04. The molecule has 1 saturated heterocycles. The van der Waals surface area contributed by atoms with Gasteiger partial charge in [-0.15, -0.1) is 0 Å². The molecule has 0 aromatic heterocycles. The number of aliphatic carboxylic acids is 1. The van der Waals surface area contributed by atoms with Crippen LogP contribution in [0.5, 0.6) is 0 Å². The van der Waals surface area contributed by atoms with Crippen LogP contribution < -0.4 is 3.58 Å². The van der Waals surface area contributed by atoms with Crippen molar-refractivity contribution in [3.8, 4) is 0 Å². The van der Waals surface area contributed by atoms with E-state index in [0.717, 1.165) is 12.8 Å². The molecule has 0 aliphatic carbocycles. The van der Waals surface area contributed by atoms with Crippen molar-refractivity contribution in [2.75, 3.05) is 6.61 Å². The summed E-state index contributed by atoms with van der Waals surface area (Å²) in [5.41, 5.74) is 0. The van der Waals surface area contributed by atoms with Gasteiger partial charge in [0.2, 0.25) is 0 Å². The van der Waals surface area contributed by atoms with Crippen LogP contribution in [-0.2, 0) is 23.6 Å². The molecule has 1 aromatic carbocycles. The first-order chi connectivity index (χ1) is 11.5. The Bertz CT molecular complexity index is 565. The second kappa shape index (κ2) is 9.02. The predicted octanol–water partition coefficient (Wildman–Crippen LogP) is 1.37. The van der Waals surface area contributed by atoms with E-state index in [9.17, 15) is 14.4 Å². The van der Waals surface area contributed by atoms with Crippen LogP contribution in [0.1, 0.15) is 38.5 Å². The second-order valence-corrected chi connectivity index (χ2v) is 12.3. The maximum absolute atomic E-state index is 12.2. The SMILES string of the molecule is O=C(O)C[O][Sn]1([c]2ccccc2)[O]C(=O)CCCCCCC(=O)[O]1. The molecule has 1 aliphatic rings. The number of carboxylic acid groups (broad SMARTS) is 1. The van der Waals surface area contributed by atoms with E-state index in [1.54, 1.807) is 30.3 Å². The Labute approximate surface area is 145 Å². The number of hydrogen-bond donors (Lipinski definition) is 1. The average molecular weight is 443 g/mol. The number of rotatable bonds is 4. The minimum absolute atomic E-state index is 0.194. The standard InChI is InChI=1S/C8H14O4.C6H5.C2H3O3.Sn/c9-7(10)5-3-1-2-4-6-8(11)12;1-2-4-6-5-3-1;3-1-2(4)5;/h1-6H2,(H,9,10)(H,11,12);1-5H;1H2,(H,4,5);/q;;-1;+3/p-2. The third kappa shape index (κ3) is 5.48. The summed E-state index contributed by atoms with van der Waals surface area (Å²) in [7, 11) is 0. The van der Waals surface area contributed by atoms with Gasteiger partial charge >= 0.3 is 145 Å². The van der Waals surface area contributed by atoms with Crippen LogP contribution >= 0.6 is 0 Å². The van der Waals surface area contributed by atoms with Crippen molar-refractivity contribution in [1.29, 1.82) is 0 Å². The molecule has 0 amide bonds. The third-order valence-corrected chi connectivity index (χ3v) is 10.8. The number of carbonyl (C=O) groups is 3. The van der Waals surface area contributed by atoms with Crippen LogP contribution in [0.3, 0.4) is 0 Å². The maximum atomic E-state index is 12.2. The van der Waals surface area contributed by atoms with Gasteiger partial charge in [0.15, 0.2) is 0 Å². The molecule has 0 radical (unpaired) electrons. The molecule has 8 heteroatoms. The van der Waals surface area contributed by atoms with E-state index in [4.69, 9.17) is 14.3 Å². The number of carbonyl (C=O) groups excluding carboxylic acids is 2. The molecule has 130 valence electrons. The van der Waals surface area contributed by atoms with Gasteiger partial charge < -0.3 is 0 Å². The molecule has 1 aliphatic heterocycles. The molecule has 0 bridgehead atoms. The first kappa shape index (κ1) is 18.7. The Morgan fingerprint density at radius 3 is 2.04 bits per heavy atom. The number of carboxylic acids is 1. The normalized spacial score (nSPS) is 18.8. The van der Waals surface area contributed by atoms with Gasteiger partial charge in [-0.25, -0.2) is 0 Å². The molecule has 1 aromatic rings. The zero-order chi connectivity index (χ0) is 17.4. The van der Waals surface area contributed by atoms with Crippen molar-refractivity contribution < 1.29 is 28.7 Å². The molecule has 0 atom stereocenters. The molecule has 24 heavy (non-hydrogen) atoms. The number of hydrogen-bond acceptors (Lipinski definition) is 6. The average Bonchev–Trinajstić information content (AvgIpc) is 2.59. The van der Waals surface area contributed by atoms with Crippen LogP contribution in [0, 0.1) is 0 Å². The van der Waals surface area contributed by atoms with Crippen LogP contribution in [0.15, 0.2) is 30.3 Å². The Hall–Kier alpha value is -1.61. The zero-order valence-electron chi connectivity index (χ0n) is 13.2. The molecule has 1 fully saturated rings. The van der Waals surface area contributed by atoms with Gasteiger partial charge in [0, 0.05) is 0 Å². The van der Waals surface area contributed by atoms with E-state index < -0.39 is 44.1 Å². The van der Waals surface area contributed by atoms with Gasteiger partial charge in [0.05, 0.1) is 0 Å². The summed E-state index contributed by atoms with van der Waals surface area (Å²) in [5.74, 6) is -2.26. The molecule has 0 saturated carbocycles. The Morgan fingerprint density at radius 1 is 1.00 bits per heavy atom. The first-order valence-electron chi connectivity index (χ1n) is 7.87. The van der Waals surface area contributed by atoms with E-state index in [1.807, 2.05) is 0 Å². The molecule has 2 rings (SSSR count). The van der Waals surface area contributed by atoms with E-state index in [0.29, 0.717) is 16.4 Å². The molecule has 7 nitrogen and oxygen atoms in total. The summed E-state index contributed by atoms with van der Waals surface area (Å²) in [4.78, 5) is 35.3. The zero-order valence-corrected chi connectivity index (χ0v) is 16.1. The monoisotopic (exact) mass is 444 g/mol. The third-order valence-electron chi connectivity index (χ3n) is 3.52. The van der Waals surface area contributed by atoms with Gasteiger partial charge in [0.25, 0.3) is 0 Å². The first-order valence-corrected chi connectivity index (χ1v) is 12.8. The summed E-state index contributed by atoms with van der Waals surface area (Å²) < 4.78 is 16.9. The molecule has 0 spiro atoms. The quantitative estimate of drug-likeness (QED) is 0.703. The fourth-order valence-corrected chi connectivity index (χ4v) is 8.88. The Morgan fingerprint density at radius 2 is 1.54 bits per heavy atom. The van der Waals surface area contributed by atoms with Gasteiger partial charge in [-0.1, -0.05) is 0 Å². The van der Waals surface area contributed by atoms with Crippen molar-refractivity contribution >= 4 is 41.1 Å². The summed E-state index contributed by atoms with van der Waals surface area (Å²) in [6.45, 7) is -0.689. The molecule has 0 unspecified atom stereocenters. The fourth-order valence-electron chi connectivity index (χ4n) is 2.37. The van der Waals surface area contributed by atoms with E-state index in [2.05, 4.69) is 0 Å². The van der Waals surface area contributed by atoms with Gasteiger partial charge in [-0.05, 0) is 0 Å². The summed E-state index contributed by atoms with van der Waals surface area (Å²) in [6, 6.07) is 8.43. The predicted molar refractivity (Wildman–Crippen MR) is 85.3 cm³/mol. The summed E-state index contributed by atoms with van der Waals surface area (Å²) in [5, 5.41) is 8.94. The van der Waals surface area contributed by atoms with Gasteiger partial charge in [-0.2, -0.15) is 0 Å². The topological polar surface area (TPSA) is 99.1 Å². The minimum atomic E-state index is -4.91. The van der Waals surface area contributed by atoms with Crippen molar-refractivity contribution in [3.05, 3.63) is 30.3 Å². The molecular weight excluding hydrogens is 423 g/mol. The van der Waals surface area contributed by atoms with Crippen LogP contribution in [-0.4, -0.2) is 49.2 Å². The van der Waals surface area contributed by atoms with E-state index >= 15 is 0 Å². The molecular formula is C16H20O7Sn. The summed E-state index contributed by atoms with van der Waals surface area (Å²) >= 11 is -4.91. The van der Waals surface area contributed by atoms with Crippen molar-refractivity contribution in [3.63, 3.8) is 0 Å². The second-order valence-electron chi connectivity index (χ2n) is 5.47. The number of benzene rings is 1. The van der Waals surface area contributed by atoms with E-state index in [1.165, 1.54) is 0 Å². The van der Waals surface area contributed by atoms with Gasteiger partial charge in [-0.3, -0.25) is 0 Å². The van der Waals surface area contributed by atoms with Crippen LogP contribution in [0.25, 0.3) is 0 Å². The van der Waals surface area contributed by atoms with Crippen molar-refractivity contribution in [2.45, 2.75) is 38.5 Å². The van der Waals surface area contributed by atoms with Crippen LogP contribution in [0.2, 0.25) is 0 Å². The molecule has 1 N–H and O–H groups in total. The van der Waals surface area contributed by atoms with Gasteiger partial charge in [0.1, 0.15) is 0 Å². The van der Waals surface area contributed by atoms with Crippen molar-refractivity contribution in [2.24, 2.45) is 0 Å². The van der Waals surface area contributed by atoms with E-state index in [-0.39, 0.29) is 12.8 Å².